The molecule has 20 heavy (non-hydrogen) atoms. The quantitative estimate of drug-likeness (QED) is 0.576. The van der Waals surface area contributed by atoms with Crippen LogP contribution in [0.15, 0.2) is 30.6 Å². The van der Waals surface area contributed by atoms with E-state index in [0.29, 0.717) is 12.1 Å². The van der Waals surface area contributed by atoms with Gasteiger partial charge >= 0.3 is 0 Å². The van der Waals surface area contributed by atoms with Gasteiger partial charge in [-0.05, 0) is 37.6 Å². The fraction of sp³-hybridized carbons (Fsp3) is 0.214. The second-order valence-electron chi connectivity index (χ2n) is 4.51. The standard InChI is InChI=1S/C14H17N5O/c1-9-5-11(19-15)3-4-13(9)14(20)18-8-12-7-16-10(2)6-17-12/h3-7,19H,8,15H2,1-2H3,(H,18,20). The molecule has 2 rings (SSSR count). The average Bonchev–Trinajstić information content (AvgIpc) is 2.46. The molecule has 0 saturated heterocycles. The van der Waals surface area contributed by atoms with Gasteiger partial charge in [0.25, 0.3) is 5.91 Å². The van der Waals surface area contributed by atoms with E-state index in [-0.39, 0.29) is 5.91 Å². The lowest BCUT2D eigenvalue weighted by Gasteiger charge is -2.09. The maximum absolute atomic E-state index is 12.1. The molecule has 0 aliphatic heterocycles. The van der Waals surface area contributed by atoms with Crippen molar-refractivity contribution in [3.05, 3.63) is 53.1 Å². The number of aromatic nitrogens is 2. The second kappa shape index (κ2) is 6.12. The zero-order valence-corrected chi connectivity index (χ0v) is 11.5. The van der Waals surface area contributed by atoms with Crippen LogP contribution in [-0.4, -0.2) is 15.9 Å². The number of nitrogens with zero attached hydrogens (tertiary/aromatic N) is 2. The van der Waals surface area contributed by atoms with Gasteiger partial charge in [-0.3, -0.25) is 20.6 Å². The fourth-order valence-electron chi connectivity index (χ4n) is 1.78. The minimum absolute atomic E-state index is 0.145. The lowest BCUT2D eigenvalue weighted by Crippen LogP contribution is -2.24. The first-order valence-electron chi connectivity index (χ1n) is 6.23. The lowest BCUT2D eigenvalue weighted by atomic mass is 10.1. The number of hydrogen-bond acceptors (Lipinski definition) is 5. The summed E-state index contributed by atoms with van der Waals surface area (Å²) in [5, 5.41) is 2.82. The van der Waals surface area contributed by atoms with Gasteiger partial charge in [-0.1, -0.05) is 0 Å². The maximum atomic E-state index is 12.1. The Kier molecular flexibility index (Phi) is 4.27. The summed E-state index contributed by atoms with van der Waals surface area (Å²) >= 11 is 0. The average molecular weight is 271 g/mol. The third kappa shape index (κ3) is 3.30. The van der Waals surface area contributed by atoms with Crippen LogP contribution in [-0.2, 0) is 6.54 Å². The molecule has 1 aromatic heterocycles. The number of nitrogens with one attached hydrogen (secondary N) is 2. The highest BCUT2D eigenvalue weighted by Crippen LogP contribution is 2.14. The third-order valence-corrected chi connectivity index (χ3v) is 2.90. The molecule has 0 radical (unpaired) electrons. The van der Waals surface area contributed by atoms with Crippen LogP contribution >= 0.6 is 0 Å². The number of anilines is 1. The summed E-state index contributed by atoms with van der Waals surface area (Å²) < 4.78 is 0. The van der Waals surface area contributed by atoms with E-state index in [4.69, 9.17) is 5.84 Å². The van der Waals surface area contributed by atoms with E-state index in [2.05, 4.69) is 20.7 Å². The molecule has 4 N–H and O–H groups in total. The molecular weight excluding hydrogens is 254 g/mol. The summed E-state index contributed by atoms with van der Waals surface area (Å²) in [5.41, 5.74) is 6.36. The Morgan fingerprint density at radius 3 is 2.65 bits per heavy atom. The summed E-state index contributed by atoms with van der Waals surface area (Å²) in [6.07, 6.45) is 3.33. The Morgan fingerprint density at radius 2 is 2.05 bits per heavy atom. The van der Waals surface area contributed by atoms with Gasteiger partial charge < -0.3 is 10.7 Å². The molecule has 1 heterocycles. The molecule has 0 fully saturated rings. The maximum Gasteiger partial charge on any atom is 0.251 e. The number of hydrogen-bond donors (Lipinski definition) is 3. The minimum atomic E-state index is -0.145. The normalized spacial score (nSPS) is 10.2. The van der Waals surface area contributed by atoms with E-state index in [1.807, 2.05) is 19.9 Å². The van der Waals surface area contributed by atoms with Gasteiger partial charge in [0, 0.05) is 17.4 Å². The molecular formula is C14H17N5O. The Bertz CT molecular complexity index is 609. The number of rotatable bonds is 4. The van der Waals surface area contributed by atoms with Gasteiger partial charge in [0.2, 0.25) is 0 Å². The molecule has 0 aliphatic carbocycles. The van der Waals surface area contributed by atoms with Crippen molar-refractivity contribution in [2.24, 2.45) is 5.84 Å². The van der Waals surface area contributed by atoms with Crippen molar-refractivity contribution in [2.45, 2.75) is 20.4 Å². The van der Waals surface area contributed by atoms with Gasteiger partial charge in [0.1, 0.15) is 0 Å². The Labute approximate surface area is 117 Å². The van der Waals surface area contributed by atoms with Crippen LogP contribution in [0.4, 0.5) is 5.69 Å². The van der Waals surface area contributed by atoms with Crippen LogP contribution in [0.1, 0.15) is 27.3 Å². The van der Waals surface area contributed by atoms with Crippen molar-refractivity contribution in [1.82, 2.24) is 15.3 Å². The first-order chi connectivity index (χ1) is 9.60. The molecule has 0 spiro atoms. The highest BCUT2D eigenvalue weighted by atomic mass is 16.1. The van der Waals surface area contributed by atoms with Crippen molar-refractivity contribution in [1.29, 1.82) is 0 Å². The van der Waals surface area contributed by atoms with Gasteiger partial charge in [0.05, 0.1) is 24.1 Å². The molecule has 2 aromatic rings. The number of carbonyl (C=O) groups is 1. The highest BCUT2D eigenvalue weighted by molar-refractivity contribution is 5.95. The van der Waals surface area contributed by atoms with Gasteiger partial charge in [-0.2, -0.15) is 0 Å². The number of hydrazine groups is 1. The molecule has 0 saturated carbocycles. The number of nitrogen functional groups attached to an aromatic ring is 1. The fourth-order valence-corrected chi connectivity index (χ4v) is 1.78. The first-order valence-corrected chi connectivity index (χ1v) is 6.23. The molecule has 104 valence electrons. The van der Waals surface area contributed by atoms with Crippen molar-refractivity contribution in [3.8, 4) is 0 Å². The summed E-state index contributed by atoms with van der Waals surface area (Å²) in [6, 6.07) is 5.31. The minimum Gasteiger partial charge on any atom is -0.346 e. The largest absolute Gasteiger partial charge is 0.346 e. The van der Waals surface area contributed by atoms with Gasteiger partial charge in [-0.25, -0.2) is 0 Å². The molecule has 1 aromatic carbocycles. The summed E-state index contributed by atoms with van der Waals surface area (Å²) in [6.45, 7) is 4.08. The summed E-state index contributed by atoms with van der Waals surface area (Å²) in [5.74, 6) is 5.18. The van der Waals surface area contributed by atoms with E-state index in [9.17, 15) is 4.79 Å². The monoisotopic (exact) mass is 271 g/mol. The smallest absolute Gasteiger partial charge is 0.251 e. The van der Waals surface area contributed by atoms with E-state index < -0.39 is 0 Å². The molecule has 0 atom stereocenters. The first kappa shape index (κ1) is 14.0. The second-order valence-corrected chi connectivity index (χ2v) is 4.51. The summed E-state index contributed by atoms with van der Waals surface area (Å²) in [4.78, 5) is 20.4. The number of amides is 1. The zero-order valence-electron chi connectivity index (χ0n) is 11.5. The predicted octanol–water partition coefficient (Wildman–Crippen LogP) is 1.31. The number of nitrogens with two attached hydrogens (primary N) is 1. The predicted molar refractivity (Wildman–Crippen MR) is 76.9 cm³/mol. The molecule has 6 heteroatoms. The van der Waals surface area contributed by atoms with E-state index in [1.54, 1.807) is 24.5 Å². The van der Waals surface area contributed by atoms with Crippen molar-refractivity contribution in [3.63, 3.8) is 0 Å². The molecule has 0 bridgehead atoms. The van der Waals surface area contributed by atoms with Crippen LogP contribution in [0.2, 0.25) is 0 Å². The highest BCUT2D eigenvalue weighted by Gasteiger charge is 2.09. The van der Waals surface area contributed by atoms with Gasteiger partial charge in [0.15, 0.2) is 0 Å². The van der Waals surface area contributed by atoms with Crippen molar-refractivity contribution in [2.75, 3.05) is 5.43 Å². The zero-order chi connectivity index (χ0) is 14.5. The lowest BCUT2D eigenvalue weighted by molar-refractivity contribution is 0.0950. The molecule has 1 amide bonds. The van der Waals surface area contributed by atoms with Crippen LogP contribution in [0, 0.1) is 13.8 Å². The van der Waals surface area contributed by atoms with Crippen molar-refractivity contribution < 1.29 is 4.79 Å². The SMILES string of the molecule is Cc1cnc(CNC(=O)c2ccc(NN)cc2C)cn1. The molecule has 0 aliphatic rings. The third-order valence-electron chi connectivity index (χ3n) is 2.90. The number of carbonyl (C=O) groups excluding carboxylic acids is 1. The number of aryl methyl sites for hydroxylation is 2. The van der Waals surface area contributed by atoms with Crippen LogP contribution in [0.5, 0.6) is 0 Å². The number of benzene rings is 1. The Morgan fingerprint density at radius 1 is 1.25 bits per heavy atom. The van der Waals surface area contributed by atoms with E-state index >= 15 is 0 Å². The Hall–Kier alpha value is -2.47. The van der Waals surface area contributed by atoms with E-state index in [1.165, 1.54) is 0 Å². The molecule has 0 unspecified atom stereocenters. The van der Waals surface area contributed by atoms with Gasteiger partial charge in [-0.15, -0.1) is 0 Å². The van der Waals surface area contributed by atoms with Crippen LogP contribution in [0.3, 0.4) is 0 Å². The Balaban J connectivity index is 2.03. The van der Waals surface area contributed by atoms with Crippen LogP contribution in [0.25, 0.3) is 0 Å². The summed E-state index contributed by atoms with van der Waals surface area (Å²) in [7, 11) is 0. The van der Waals surface area contributed by atoms with E-state index in [0.717, 1.165) is 22.6 Å². The van der Waals surface area contributed by atoms with Crippen LogP contribution < -0.4 is 16.6 Å². The van der Waals surface area contributed by atoms with Crippen molar-refractivity contribution >= 4 is 11.6 Å². The molecule has 6 nitrogen and oxygen atoms in total. The topological polar surface area (TPSA) is 92.9 Å².